The summed E-state index contributed by atoms with van der Waals surface area (Å²) >= 11 is 3.50. The SMILES string of the molecule is CCOc1c(Br)cc(C(=O)Nc2ccccc2OC)cc1OCc1ccccc1. The molecule has 0 aliphatic carbocycles. The van der Waals surface area contributed by atoms with E-state index >= 15 is 0 Å². The number of anilines is 1. The monoisotopic (exact) mass is 455 g/mol. The maximum Gasteiger partial charge on any atom is 0.255 e. The van der Waals surface area contributed by atoms with Crippen molar-refractivity contribution in [3.63, 3.8) is 0 Å². The molecule has 1 amide bonds. The number of para-hydroxylation sites is 2. The van der Waals surface area contributed by atoms with Crippen LogP contribution in [0.25, 0.3) is 0 Å². The summed E-state index contributed by atoms with van der Waals surface area (Å²) < 4.78 is 17.7. The van der Waals surface area contributed by atoms with Gasteiger partial charge in [-0.3, -0.25) is 4.79 Å². The zero-order valence-electron chi connectivity index (χ0n) is 16.3. The maximum absolute atomic E-state index is 12.8. The number of carbonyl (C=O) groups excluding carboxylic acids is 1. The Balaban J connectivity index is 1.86. The Hall–Kier alpha value is -2.99. The molecular formula is C23H22BrNO4. The highest BCUT2D eigenvalue weighted by Gasteiger charge is 2.17. The number of amides is 1. The third kappa shape index (κ3) is 5.29. The molecule has 0 bridgehead atoms. The molecule has 3 rings (SSSR count). The summed E-state index contributed by atoms with van der Waals surface area (Å²) in [7, 11) is 1.56. The van der Waals surface area contributed by atoms with Crippen molar-refractivity contribution < 1.29 is 19.0 Å². The van der Waals surface area contributed by atoms with Crippen LogP contribution in [0.1, 0.15) is 22.8 Å². The molecule has 0 aromatic heterocycles. The summed E-state index contributed by atoms with van der Waals surface area (Å²) in [5.74, 6) is 1.38. The van der Waals surface area contributed by atoms with E-state index in [4.69, 9.17) is 14.2 Å². The molecule has 0 aliphatic heterocycles. The summed E-state index contributed by atoms with van der Waals surface area (Å²) in [6, 6.07) is 20.5. The lowest BCUT2D eigenvalue weighted by Gasteiger charge is -2.16. The van der Waals surface area contributed by atoms with Gasteiger partial charge in [-0.25, -0.2) is 0 Å². The molecule has 3 aromatic carbocycles. The number of nitrogens with one attached hydrogen (secondary N) is 1. The van der Waals surface area contributed by atoms with Gasteiger partial charge in [-0.15, -0.1) is 0 Å². The number of rotatable bonds is 8. The molecule has 150 valence electrons. The first-order chi connectivity index (χ1) is 14.1. The van der Waals surface area contributed by atoms with Gasteiger partial charge in [-0.05, 0) is 52.7 Å². The van der Waals surface area contributed by atoms with E-state index < -0.39 is 0 Å². The average Bonchev–Trinajstić information content (AvgIpc) is 2.75. The van der Waals surface area contributed by atoms with Gasteiger partial charge in [0.15, 0.2) is 11.5 Å². The van der Waals surface area contributed by atoms with Crippen LogP contribution in [-0.2, 0) is 6.61 Å². The van der Waals surface area contributed by atoms with Gasteiger partial charge in [0.1, 0.15) is 12.4 Å². The van der Waals surface area contributed by atoms with Crippen LogP contribution < -0.4 is 19.5 Å². The predicted octanol–water partition coefficient (Wildman–Crippen LogP) is 5.69. The Morgan fingerprint density at radius 2 is 1.69 bits per heavy atom. The highest BCUT2D eigenvalue weighted by molar-refractivity contribution is 9.10. The number of hydrogen-bond donors (Lipinski definition) is 1. The molecule has 0 aliphatic rings. The van der Waals surface area contributed by atoms with Crippen LogP contribution in [0.15, 0.2) is 71.2 Å². The first-order valence-electron chi connectivity index (χ1n) is 9.19. The van der Waals surface area contributed by atoms with Crippen molar-refractivity contribution >= 4 is 27.5 Å². The number of ether oxygens (including phenoxy) is 3. The second-order valence-electron chi connectivity index (χ2n) is 6.15. The van der Waals surface area contributed by atoms with Crippen molar-refractivity contribution in [1.29, 1.82) is 0 Å². The molecule has 0 fully saturated rings. The molecule has 0 saturated heterocycles. The summed E-state index contributed by atoms with van der Waals surface area (Å²) in [6.07, 6.45) is 0. The molecule has 6 heteroatoms. The van der Waals surface area contributed by atoms with E-state index in [1.807, 2.05) is 49.4 Å². The van der Waals surface area contributed by atoms with Crippen molar-refractivity contribution in [2.75, 3.05) is 19.0 Å². The zero-order valence-corrected chi connectivity index (χ0v) is 17.9. The summed E-state index contributed by atoms with van der Waals surface area (Å²) in [4.78, 5) is 12.8. The Bertz CT molecular complexity index is 976. The minimum atomic E-state index is -0.275. The van der Waals surface area contributed by atoms with Gasteiger partial charge in [0.2, 0.25) is 0 Å². The van der Waals surface area contributed by atoms with E-state index in [0.29, 0.717) is 46.2 Å². The Labute approximate surface area is 178 Å². The van der Waals surface area contributed by atoms with E-state index in [1.54, 1.807) is 31.4 Å². The van der Waals surface area contributed by atoms with Crippen LogP contribution in [0.3, 0.4) is 0 Å². The molecule has 29 heavy (non-hydrogen) atoms. The first kappa shape index (κ1) is 20.7. The largest absolute Gasteiger partial charge is 0.495 e. The molecule has 0 heterocycles. The van der Waals surface area contributed by atoms with E-state index in [-0.39, 0.29) is 5.91 Å². The van der Waals surface area contributed by atoms with Crippen LogP contribution in [0, 0.1) is 0 Å². The molecule has 5 nitrogen and oxygen atoms in total. The minimum absolute atomic E-state index is 0.275. The average molecular weight is 456 g/mol. The van der Waals surface area contributed by atoms with Crippen molar-refractivity contribution in [3.05, 3.63) is 82.3 Å². The van der Waals surface area contributed by atoms with Crippen molar-refractivity contribution in [3.8, 4) is 17.2 Å². The van der Waals surface area contributed by atoms with E-state index in [1.165, 1.54) is 0 Å². The number of benzene rings is 3. The molecular weight excluding hydrogens is 434 g/mol. The van der Waals surface area contributed by atoms with Gasteiger partial charge in [0.05, 0.1) is 23.9 Å². The highest BCUT2D eigenvalue weighted by atomic mass is 79.9. The van der Waals surface area contributed by atoms with Crippen LogP contribution in [-0.4, -0.2) is 19.6 Å². The quantitative estimate of drug-likeness (QED) is 0.474. The van der Waals surface area contributed by atoms with Crippen molar-refractivity contribution in [1.82, 2.24) is 0 Å². The van der Waals surface area contributed by atoms with E-state index in [9.17, 15) is 4.79 Å². The lowest BCUT2D eigenvalue weighted by Crippen LogP contribution is -2.13. The lowest BCUT2D eigenvalue weighted by molar-refractivity contribution is 0.102. The van der Waals surface area contributed by atoms with Gasteiger partial charge in [-0.2, -0.15) is 0 Å². The molecule has 0 saturated carbocycles. The normalized spacial score (nSPS) is 10.3. The Morgan fingerprint density at radius 3 is 2.41 bits per heavy atom. The van der Waals surface area contributed by atoms with Crippen LogP contribution in [0.4, 0.5) is 5.69 Å². The van der Waals surface area contributed by atoms with Crippen molar-refractivity contribution in [2.45, 2.75) is 13.5 Å². The predicted molar refractivity (Wildman–Crippen MR) is 117 cm³/mol. The third-order valence-electron chi connectivity index (χ3n) is 4.15. The molecule has 3 aromatic rings. The standard InChI is InChI=1S/C23H22BrNO4/c1-3-28-22-18(24)13-17(14-21(22)29-15-16-9-5-4-6-10-16)23(26)25-19-11-7-8-12-20(19)27-2/h4-14H,3,15H2,1-2H3,(H,25,26). The second kappa shape index (κ2) is 9.98. The van der Waals surface area contributed by atoms with Gasteiger partial charge in [0.25, 0.3) is 5.91 Å². The Kier molecular flexibility index (Phi) is 7.14. The Morgan fingerprint density at radius 1 is 0.966 bits per heavy atom. The zero-order chi connectivity index (χ0) is 20.6. The smallest absolute Gasteiger partial charge is 0.255 e. The minimum Gasteiger partial charge on any atom is -0.495 e. The number of methoxy groups -OCH3 is 1. The fourth-order valence-corrected chi connectivity index (χ4v) is 3.33. The fraction of sp³-hybridized carbons (Fsp3) is 0.174. The van der Waals surface area contributed by atoms with E-state index in [2.05, 4.69) is 21.2 Å². The lowest BCUT2D eigenvalue weighted by atomic mass is 10.1. The third-order valence-corrected chi connectivity index (χ3v) is 4.74. The fourth-order valence-electron chi connectivity index (χ4n) is 2.77. The topological polar surface area (TPSA) is 56.8 Å². The molecule has 0 atom stereocenters. The van der Waals surface area contributed by atoms with Crippen LogP contribution in [0.5, 0.6) is 17.2 Å². The molecule has 0 radical (unpaired) electrons. The molecule has 0 spiro atoms. The van der Waals surface area contributed by atoms with Gasteiger partial charge in [-0.1, -0.05) is 42.5 Å². The van der Waals surface area contributed by atoms with Gasteiger partial charge >= 0.3 is 0 Å². The first-order valence-corrected chi connectivity index (χ1v) is 9.99. The highest BCUT2D eigenvalue weighted by Crippen LogP contribution is 2.38. The van der Waals surface area contributed by atoms with Gasteiger partial charge < -0.3 is 19.5 Å². The van der Waals surface area contributed by atoms with Crippen LogP contribution >= 0.6 is 15.9 Å². The molecule has 1 N–H and O–H groups in total. The van der Waals surface area contributed by atoms with Gasteiger partial charge in [0, 0.05) is 5.56 Å². The summed E-state index contributed by atoms with van der Waals surface area (Å²) in [5, 5.41) is 2.88. The molecule has 0 unspecified atom stereocenters. The second-order valence-corrected chi connectivity index (χ2v) is 7.00. The van der Waals surface area contributed by atoms with Crippen LogP contribution in [0.2, 0.25) is 0 Å². The van der Waals surface area contributed by atoms with Crippen molar-refractivity contribution in [2.24, 2.45) is 0 Å². The number of halogens is 1. The number of hydrogen-bond acceptors (Lipinski definition) is 4. The summed E-state index contributed by atoms with van der Waals surface area (Å²) in [6.45, 7) is 2.74. The summed E-state index contributed by atoms with van der Waals surface area (Å²) in [5.41, 5.74) is 2.06. The number of carbonyl (C=O) groups is 1. The van der Waals surface area contributed by atoms with E-state index in [0.717, 1.165) is 5.56 Å². The maximum atomic E-state index is 12.8.